The Hall–Kier alpha value is -7.56. The molecule has 0 amide bonds. The molecule has 0 spiro atoms. The minimum atomic E-state index is 0.897. The summed E-state index contributed by atoms with van der Waals surface area (Å²) in [6.07, 6.45) is 0. The molecule has 11 rings (SSSR count). The summed E-state index contributed by atoms with van der Waals surface area (Å²) in [6, 6.07) is 71.4. The Kier molecular flexibility index (Phi) is 7.68. The zero-order chi connectivity index (χ0) is 37.9. The van der Waals surface area contributed by atoms with Crippen LogP contribution in [0, 0.1) is 6.92 Å². The molecular formula is C53H36N4. The van der Waals surface area contributed by atoms with Gasteiger partial charge in [-0.2, -0.15) is 0 Å². The van der Waals surface area contributed by atoms with Gasteiger partial charge in [0, 0.05) is 49.9 Å². The van der Waals surface area contributed by atoms with Crippen LogP contribution in [-0.2, 0) is 0 Å². The van der Waals surface area contributed by atoms with E-state index in [2.05, 4.69) is 217 Å². The molecule has 0 aliphatic heterocycles. The van der Waals surface area contributed by atoms with Crippen molar-refractivity contribution in [3.8, 4) is 28.1 Å². The van der Waals surface area contributed by atoms with E-state index in [1.807, 2.05) is 0 Å². The number of rotatable bonds is 6. The van der Waals surface area contributed by atoms with Gasteiger partial charge in [0.25, 0.3) is 0 Å². The van der Waals surface area contributed by atoms with Gasteiger partial charge in [0.1, 0.15) is 0 Å². The highest BCUT2D eigenvalue weighted by atomic mass is 15.1. The third-order valence-corrected chi connectivity index (χ3v) is 11.3. The summed E-state index contributed by atoms with van der Waals surface area (Å²) >= 11 is 0. The number of fused-ring (bicyclic) bond motifs is 9. The van der Waals surface area contributed by atoms with Crippen LogP contribution in [0.4, 0.5) is 17.1 Å². The van der Waals surface area contributed by atoms with E-state index in [1.54, 1.807) is 0 Å². The Morgan fingerprint density at radius 2 is 0.842 bits per heavy atom. The predicted octanol–water partition coefficient (Wildman–Crippen LogP) is 14.1. The lowest BCUT2D eigenvalue weighted by molar-refractivity contribution is 1.18. The molecule has 9 aromatic carbocycles. The molecule has 2 aromatic heterocycles. The quantitative estimate of drug-likeness (QED) is 0.160. The van der Waals surface area contributed by atoms with E-state index in [0.717, 1.165) is 61.5 Å². The van der Waals surface area contributed by atoms with Gasteiger partial charge < -0.3 is 9.47 Å². The average molecular weight is 729 g/mol. The Morgan fingerprint density at radius 3 is 1.49 bits per heavy atom. The van der Waals surface area contributed by atoms with Gasteiger partial charge >= 0.3 is 0 Å². The minimum Gasteiger partial charge on any atom is -0.311 e. The van der Waals surface area contributed by atoms with Crippen molar-refractivity contribution in [3.63, 3.8) is 0 Å². The van der Waals surface area contributed by atoms with E-state index in [0.29, 0.717) is 0 Å². The molecule has 0 saturated carbocycles. The first-order chi connectivity index (χ1) is 28.2. The maximum absolute atomic E-state index is 5.33. The first-order valence-corrected chi connectivity index (χ1v) is 19.4. The number of hydrogen-bond acceptors (Lipinski definition) is 3. The van der Waals surface area contributed by atoms with Gasteiger partial charge in [-0.3, -0.25) is 0 Å². The molecule has 4 nitrogen and oxygen atoms in total. The molecule has 0 atom stereocenters. The van der Waals surface area contributed by atoms with E-state index < -0.39 is 0 Å². The number of para-hydroxylation sites is 3. The van der Waals surface area contributed by atoms with Crippen LogP contribution in [0.3, 0.4) is 0 Å². The molecule has 2 heterocycles. The predicted molar refractivity (Wildman–Crippen MR) is 239 cm³/mol. The normalized spacial score (nSPS) is 11.6. The van der Waals surface area contributed by atoms with E-state index >= 15 is 0 Å². The van der Waals surface area contributed by atoms with Gasteiger partial charge in [-0.1, -0.05) is 133 Å². The molecule has 4 heteroatoms. The minimum absolute atomic E-state index is 0.897. The number of hydrogen-bond donors (Lipinski definition) is 0. The van der Waals surface area contributed by atoms with E-state index in [-0.39, 0.29) is 0 Å². The van der Waals surface area contributed by atoms with Crippen molar-refractivity contribution in [3.05, 3.63) is 206 Å². The molecule has 0 unspecified atom stereocenters. The van der Waals surface area contributed by atoms with Crippen molar-refractivity contribution < 1.29 is 0 Å². The second-order valence-corrected chi connectivity index (χ2v) is 14.6. The molecule has 268 valence electrons. The summed E-state index contributed by atoms with van der Waals surface area (Å²) in [5.74, 6) is 0. The van der Waals surface area contributed by atoms with Crippen LogP contribution in [-0.4, -0.2) is 14.5 Å². The monoisotopic (exact) mass is 728 g/mol. The molecule has 0 aliphatic rings. The summed E-state index contributed by atoms with van der Waals surface area (Å²) in [5, 5.41) is 7.14. The van der Waals surface area contributed by atoms with Crippen LogP contribution >= 0.6 is 0 Å². The summed E-state index contributed by atoms with van der Waals surface area (Å²) in [7, 11) is 0. The fraction of sp³-hybridized carbons (Fsp3) is 0.0189. The fourth-order valence-electron chi connectivity index (χ4n) is 8.62. The maximum atomic E-state index is 5.33. The second-order valence-electron chi connectivity index (χ2n) is 14.6. The van der Waals surface area contributed by atoms with Crippen molar-refractivity contribution in [1.82, 2.24) is 14.5 Å². The molecular weight excluding hydrogens is 693 g/mol. The molecule has 0 bridgehead atoms. The summed E-state index contributed by atoms with van der Waals surface area (Å²) in [5.41, 5.74) is 13.9. The molecule has 0 aliphatic carbocycles. The van der Waals surface area contributed by atoms with Crippen molar-refractivity contribution >= 4 is 71.4 Å². The van der Waals surface area contributed by atoms with E-state index in [1.165, 1.54) is 43.7 Å². The van der Waals surface area contributed by atoms with Gasteiger partial charge in [0.15, 0.2) is 0 Å². The lowest BCUT2D eigenvalue weighted by Crippen LogP contribution is -2.09. The molecule has 57 heavy (non-hydrogen) atoms. The third kappa shape index (κ3) is 5.45. The Bertz CT molecular complexity index is 3280. The maximum Gasteiger partial charge on any atom is 0.0979 e. The van der Waals surface area contributed by atoms with Gasteiger partial charge in [-0.25, -0.2) is 9.97 Å². The van der Waals surface area contributed by atoms with Crippen LogP contribution in [0.25, 0.3) is 82.5 Å². The van der Waals surface area contributed by atoms with Gasteiger partial charge in [-0.05, 0) is 95.6 Å². The summed E-state index contributed by atoms with van der Waals surface area (Å²) in [4.78, 5) is 12.8. The van der Waals surface area contributed by atoms with Crippen molar-refractivity contribution in [2.75, 3.05) is 4.90 Å². The van der Waals surface area contributed by atoms with Crippen LogP contribution in [0.15, 0.2) is 200 Å². The standard InChI is InChI=1S/C53H36N4/c1-35-51(55-53-47-22-11-9-19-44(47)43-18-8-10-21-46(43)52(53)54-35)37-26-31-42(32-27-37)56(39-14-4-2-5-15-39)41-29-24-36(25-30-41)38-28-33-50-48(34-38)45-20-12-13-23-49(45)57(50)40-16-6-3-7-17-40/h2-34H,1H3. The van der Waals surface area contributed by atoms with Crippen LogP contribution in [0.5, 0.6) is 0 Å². The Balaban J connectivity index is 0.967. The number of anilines is 3. The first kappa shape index (κ1) is 32.8. The molecule has 0 fully saturated rings. The van der Waals surface area contributed by atoms with Crippen LogP contribution in [0.2, 0.25) is 0 Å². The first-order valence-electron chi connectivity index (χ1n) is 19.4. The summed E-state index contributed by atoms with van der Waals surface area (Å²) < 4.78 is 2.36. The zero-order valence-electron chi connectivity index (χ0n) is 31.3. The second kappa shape index (κ2) is 13.3. The molecule has 0 N–H and O–H groups in total. The van der Waals surface area contributed by atoms with Gasteiger partial charge in [0.2, 0.25) is 0 Å². The highest BCUT2D eigenvalue weighted by Crippen LogP contribution is 2.40. The molecule has 11 aromatic rings. The number of benzene rings is 9. The number of aromatic nitrogens is 3. The van der Waals surface area contributed by atoms with E-state index in [9.17, 15) is 0 Å². The highest BCUT2D eigenvalue weighted by Gasteiger charge is 2.18. The Labute approximate surface area is 330 Å². The lowest BCUT2D eigenvalue weighted by Gasteiger charge is -2.26. The highest BCUT2D eigenvalue weighted by molar-refractivity contribution is 6.23. The SMILES string of the molecule is Cc1nc2c3ccccc3c3ccccc3c2nc1-c1ccc(N(c2ccccc2)c2ccc(-c3ccc4c(c3)c3ccccc3n4-c3ccccc3)cc2)cc1. The lowest BCUT2D eigenvalue weighted by atomic mass is 9.99. The van der Waals surface area contributed by atoms with Crippen LogP contribution in [0.1, 0.15) is 5.69 Å². The molecule has 0 saturated heterocycles. The van der Waals surface area contributed by atoms with Gasteiger partial charge in [-0.15, -0.1) is 0 Å². The van der Waals surface area contributed by atoms with Crippen molar-refractivity contribution in [1.29, 1.82) is 0 Å². The smallest absolute Gasteiger partial charge is 0.0979 e. The van der Waals surface area contributed by atoms with Crippen molar-refractivity contribution in [2.24, 2.45) is 0 Å². The fourth-order valence-corrected chi connectivity index (χ4v) is 8.62. The topological polar surface area (TPSA) is 34.0 Å². The van der Waals surface area contributed by atoms with Crippen LogP contribution < -0.4 is 4.90 Å². The van der Waals surface area contributed by atoms with Gasteiger partial charge in [0.05, 0.1) is 33.5 Å². The third-order valence-electron chi connectivity index (χ3n) is 11.3. The van der Waals surface area contributed by atoms with Crippen molar-refractivity contribution in [2.45, 2.75) is 6.92 Å². The number of aryl methyl sites for hydroxylation is 1. The largest absolute Gasteiger partial charge is 0.311 e. The average Bonchev–Trinajstić information content (AvgIpc) is 3.61. The van der Waals surface area contributed by atoms with E-state index in [4.69, 9.17) is 9.97 Å². The number of nitrogens with zero attached hydrogens (tertiary/aromatic N) is 4. The molecule has 0 radical (unpaired) electrons. The Morgan fingerprint density at radius 1 is 0.368 bits per heavy atom. The zero-order valence-corrected chi connectivity index (χ0v) is 31.3. The summed E-state index contributed by atoms with van der Waals surface area (Å²) in [6.45, 7) is 2.07.